The van der Waals surface area contributed by atoms with Gasteiger partial charge in [-0.1, -0.05) is 0 Å². The van der Waals surface area contributed by atoms with E-state index in [-0.39, 0.29) is 108 Å². The minimum Gasteiger partial charge on any atom is -0.465 e. The fourth-order valence-corrected chi connectivity index (χ4v) is 9.45. The zero-order valence-corrected chi connectivity index (χ0v) is 31.9. The number of piperazine rings is 1. The van der Waals surface area contributed by atoms with Gasteiger partial charge in [0.15, 0.2) is 5.82 Å². The van der Waals surface area contributed by atoms with E-state index < -0.39 is 47.9 Å². The number of alkyl halides is 2. The third kappa shape index (κ3) is 6.58. The molecule has 3 atom stereocenters. The maximum atomic E-state index is 17.7. The van der Waals surface area contributed by atoms with Gasteiger partial charge in [-0.3, -0.25) is 5.32 Å². The van der Waals surface area contributed by atoms with Crippen molar-refractivity contribution >= 4 is 55.3 Å². The Morgan fingerprint density at radius 3 is 2.48 bits per heavy atom. The fourth-order valence-electron chi connectivity index (χ4n) is 8.41. The normalized spacial score (nSPS) is 22.0. The summed E-state index contributed by atoms with van der Waals surface area (Å²) in [5, 5.41) is 23.2. The van der Waals surface area contributed by atoms with Crippen LogP contribution in [0.2, 0.25) is 0 Å². The summed E-state index contributed by atoms with van der Waals surface area (Å²) in [6, 6.07) is 3.61. The number of piperidine rings is 1. The lowest BCUT2D eigenvalue weighted by Crippen LogP contribution is -2.55. The number of thiophene rings is 1. The highest BCUT2D eigenvalue weighted by Crippen LogP contribution is 2.49. The highest BCUT2D eigenvalue weighted by molar-refractivity contribution is 7.23. The standard InChI is InChI=1S/C38H39F4N7O6S/c1-37(2,3)55-35(50)46-33-21(11-43)26-25(56-33)8-7-24(39)29(26)27-22-16-53-17-23(22)28-31(30(27)40)44-34(54-15-18-12-47(4)10-9-38(18,41)42)45-32(28)49-19-5-6-20(49)14-48(13-19)36(51)52/h7-8,18-20H,5-6,9-10,12-17H2,1-4H3,(H,46,50)(H,51,52). The number of likely N-dealkylation sites (tertiary alicyclic amines) is 2. The highest BCUT2D eigenvalue weighted by atomic mass is 32.1. The van der Waals surface area contributed by atoms with Gasteiger partial charge in [0.25, 0.3) is 5.92 Å². The Balaban J connectivity index is 1.32. The summed E-state index contributed by atoms with van der Waals surface area (Å²) in [6.45, 7) is 5.01. The average Bonchev–Trinajstić information content (AvgIpc) is 3.81. The van der Waals surface area contributed by atoms with E-state index in [9.17, 15) is 20.0 Å². The second-order valence-corrected chi connectivity index (χ2v) is 16.8. The van der Waals surface area contributed by atoms with E-state index in [0.29, 0.717) is 28.7 Å². The minimum absolute atomic E-state index is 0.0292. The Kier molecular flexibility index (Phi) is 9.40. The van der Waals surface area contributed by atoms with Crippen LogP contribution < -0.4 is 15.0 Å². The number of nitrogens with zero attached hydrogens (tertiary/aromatic N) is 6. The van der Waals surface area contributed by atoms with Gasteiger partial charge in [0.05, 0.1) is 30.1 Å². The van der Waals surface area contributed by atoms with Crippen molar-refractivity contribution in [3.8, 4) is 23.2 Å². The van der Waals surface area contributed by atoms with Crippen LogP contribution in [0.1, 0.15) is 56.7 Å². The van der Waals surface area contributed by atoms with Crippen LogP contribution in [0, 0.1) is 28.9 Å². The van der Waals surface area contributed by atoms with E-state index in [1.54, 1.807) is 32.7 Å². The van der Waals surface area contributed by atoms with Gasteiger partial charge in [0.1, 0.15) is 40.4 Å². The molecule has 18 heteroatoms. The molecule has 3 saturated heterocycles. The topological polar surface area (TPSA) is 153 Å². The van der Waals surface area contributed by atoms with Crippen LogP contribution in [-0.4, -0.2) is 101 Å². The molecular weight excluding hydrogens is 759 g/mol. The van der Waals surface area contributed by atoms with Crippen LogP contribution in [0.5, 0.6) is 6.01 Å². The Hall–Kier alpha value is -4.99. The first-order valence-electron chi connectivity index (χ1n) is 18.3. The summed E-state index contributed by atoms with van der Waals surface area (Å²) >= 11 is 0.999. The molecule has 4 aliphatic heterocycles. The number of anilines is 2. The van der Waals surface area contributed by atoms with Crippen LogP contribution in [0.15, 0.2) is 12.1 Å². The minimum atomic E-state index is -3.03. The fraction of sp³-hybridized carbons (Fsp3) is 0.500. The molecule has 0 saturated carbocycles. The van der Waals surface area contributed by atoms with Crippen LogP contribution in [0.4, 0.5) is 38.0 Å². The van der Waals surface area contributed by atoms with Crippen molar-refractivity contribution in [3.05, 3.63) is 40.5 Å². The monoisotopic (exact) mass is 797 g/mol. The van der Waals surface area contributed by atoms with Crippen molar-refractivity contribution < 1.29 is 46.5 Å². The summed E-state index contributed by atoms with van der Waals surface area (Å²) in [5.41, 5.74) is -0.892. The number of carbonyl (C=O) groups is 2. The summed E-state index contributed by atoms with van der Waals surface area (Å²) in [4.78, 5) is 39.0. The Labute approximate surface area is 322 Å². The first-order chi connectivity index (χ1) is 26.5. The van der Waals surface area contributed by atoms with Crippen molar-refractivity contribution in [1.29, 1.82) is 5.26 Å². The SMILES string of the molecule is CN1CCC(F)(F)C(COc2nc(N3C4CCC3CN(C(=O)O)C4)c3c4c(c(-c5c(F)ccc6sc(NC(=O)OC(C)(C)C)c(C#N)c56)c(F)c3n2)COC4)C1. The maximum Gasteiger partial charge on any atom is 0.412 e. The third-order valence-electron chi connectivity index (χ3n) is 10.9. The number of carbonyl (C=O) groups excluding carboxylic acids is 1. The predicted octanol–water partition coefficient (Wildman–Crippen LogP) is 7.34. The van der Waals surface area contributed by atoms with Crippen LogP contribution in [0.3, 0.4) is 0 Å². The summed E-state index contributed by atoms with van der Waals surface area (Å²) in [6.07, 6.45) is -1.01. The molecule has 8 rings (SSSR count). The average molecular weight is 798 g/mol. The van der Waals surface area contributed by atoms with Gasteiger partial charge in [-0.25, -0.2) is 27.2 Å². The number of halogens is 4. The van der Waals surface area contributed by atoms with Gasteiger partial charge in [0, 0.05) is 65.9 Å². The van der Waals surface area contributed by atoms with Gasteiger partial charge in [-0.2, -0.15) is 15.2 Å². The molecule has 3 unspecified atom stereocenters. The number of hydrogen-bond donors (Lipinski definition) is 2. The molecule has 13 nitrogen and oxygen atoms in total. The molecule has 2 N–H and O–H groups in total. The van der Waals surface area contributed by atoms with E-state index in [1.165, 1.54) is 11.0 Å². The maximum absolute atomic E-state index is 17.7. The Morgan fingerprint density at radius 1 is 1.09 bits per heavy atom. The Bertz CT molecular complexity index is 2310. The Morgan fingerprint density at radius 2 is 1.80 bits per heavy atom. The number of amides is 2. The highest BCUT2D eigenvalue weighted by Gasteiger charge is 2.46. The van der Waals surface area contributed by atoms with E-state index in [4.69, 9.17) is 19.2 Å². The molecule has 4 aliphatic rings. The lowest BCUT2D eigenvalue weighted by molar-refractivity contribution is -0.113. The zero-order chi connectivity index (χ0) is 39.8. The molecule has 3 fully saturated rings. The van der Waals surface area contributed by atoms with Crippen LogP contribution in [-0.2, 0) is 22.7 Å². The first-order valence-corrected chi connectivity index (χ1v) is 19.1. The van der Waals surface area contributed by atoms with Crippen molar-refractivity contribution in [2.45, 2.75) is 76.9 Å². The predicted molar refractivity (Wildman–Crippen MR) is 198 cm³/mol. The van der Waals surface area contributed by atoms with Crippen molar-refractivity contribution in [2.75, 3.05) is 50.1 Å². The molecule has 0 radical (unpaired) electrons. The molecular formula is C38H39F4N7O6S. The molecule has 0 spiro atoms. The first kappa shape index (κ1) is 37.9. The number of nitriles is 1. The van der Waals surface area contributed by atoms with E-state index in [2.05, 4.69) is 16.4 Å². The summed E-state index contributed by atoms with van der Waals surface area (Å²) in [7, 11) is 1.74. The molecule has 2 amide bonds. The summed E-state index contributed by atoms with van der Waals surface area (Å²) in [5.74, 6) is -5.80. The number of nitrogens with one attached hydrogen (secondary N) is 1. The smallest absolute Gasteiger partial charge is 0.412 e. The number of hydrogen-bond acceptors (Lipinski definition) is 11. The zero-order valence-electron chi connectivity index (χ0n) is 31.0. The van der Waals surface area contributed by atoms with Crippen molar-refractivity contribution in [1.82, 2.24) is 19.8 Å². The van der Waals surface area contributed by atoms with Gasteiger partial charge >= 0.3 is 18.2 Å². The largest absolute Gasteiger partial charge is 0.465 e. The number of rotatable bonds is 6. The molecule has 2 aromatic carbocycles. The summed E-state index contributed by atoms with van der Waals surface area (Å²) < 4.78 is 81.7. The number of ether oxygens (including phenoxy) is 3. The van der Waals surface area contributed by atoms with Crippen molar-refractivity contribution in [2.24, 2.45) is 5.92 Å². The van der Waals surface area contributed by atoms with Gasteiger partial charge in [0.2, 0.25) is 0 Å². The molecule has 2 bridgehead atoms. The molecule has 0 aliphatic carbocycles. The van der Waals surface area contributed by atoms with Crippen molar-refractivity contribution in [3.63, 3.8) is 0 Å². The molecule has 2 aromatic heterocycles. The van der Waals surface area contributed by atoms with Gasteiger partial charge in [-0.15, -0.1) is 11.3 Å². The van der Waals surface area contributed by atoms with Gasteiger partial charge in [-0.05, 0) is 63.9 Å². The second kappa shape index (κ2) is 13.9. The molecule has 56 heavy (non-hydrogen) atoms. The number of carboxylic acid groups (broad SMARTS) is 1. The van der Waals surface area contributed by atoms with E-state index in [0.717, 1.165) is 17.4 Å². The second-order valence-electron chi connectivity index (χ2n) is 15.8. The number of fused-ring (bicyclic) bond motifs is 6. The quantitative estimate of drug-likeness (QED) is 0.189. The molecule has 4 aromatic rings. The van der Waals surface area contributed by atoms with Crippen LogP contribution in [0.25, 0.3) is 32.1 Å². The van der Waals surface area contributed by atoms with Crippen LogP contribution >= 0.6 is 11.3 Å². The third-order valence-corrected chi connectivity index (χ3v) is 12.0. The lowest BCUT2D eigenvalue weighted by atomic mass is 9.90. The van der Waals surface area contributed by atoms with E-state index >= 15 is 17.6 Å². The number of aromatic nitrogens is 2. The lowest BCUT2D eigenvalue weighted by Gasteiger charge is -2.41. The van der Waals surface area contributed by atoms with Gasteiger partial charge < -0.3 is 34.0 Å². The molecule has 6 heterocycles. The molecule has 296 valence electrons. The van der Waals surface area contributed by atoms with E-state index in [1.807, 2.05) is 4.90 Å². The number of benzene rings is 2.